The Kier molecular flexibility index (Phi) is 3.74. The van der Waals surface area contributed by atoms with Crippen LogP contribution in [0.4, 0.5) is 5.69 Å². The number of rotatable bonds is 2. The molecule has 1 aliphatic heterocycles. The Morgan fingerprint density at radius 3 is 3.04 bits per heavy atom. The summed E-state index contributed by atoms with van der Waals surface area (Å²) in [5.41, 5.74) is 2.11. The van der Waals surface area contributed by atoms with E-state index >= 15 is 0 Å². The predicted molar refractivity (Wildman–Crippen MR) is 93.0 cm³/mol. The van der Waals surface area contributed by atoms with E-state index in [0.717, 1.165) is 5.39 Å². The van der Waals surface area contributed by atoms with Crippen LogP contribution in [0.2, 0.25) is 0 Å². The maximum absolute atomic E-state index is 12.5. The Labute approximate surface area is 147 Å². The monoisotopic (exact) mass is 347 g/mol. The van der Waals surface area contributed by atoms with Crippen LogP contribution in [0.1, 0.15) is 26.5 Å². The molecule has 3 heterocycles. The SMILES string of the molecule is N#Cc1cc2cc(C(=O)Nc3ccc4c(c3)C(=O)NCCO4)[nH]c2cn1. The molecule has 0 spiro atoms. The van der Waals surface area contributed by atoms with Gasteiger partial charge in [-0.3, -0.25) is 9.59 Å². The van der Waals surface area contributed by atoms with E-state index in [1.807, 2.05) is 6.07 Å². The Morgan fingerprint density at radius 2 is 2.19 bits per heavy atom. The van der Waals surface area contributed by atoms with E-state index in [-0.39, 0.29) is 17.5 Å². The second-order valence-electron chi connectivity index (χ2n) is 5.72. The first-order valence-electron chi connectivity index (χ1n) is 7.89. The van der Waals surface area contributed by atoms with Gasteiger partial charge in [-0.05, 0) is 30.3 Å². The van der Waals surface area contributed by atoms with Crippen LogP contribution in [-0.2, 0) is 0 Å². The smallest absolute Gasteiger partial charge is 0.272 e. The van der Waals surface area contributed by atoms with Crippen LogP contribution in [-0.4, -0.2) is 34.9 Å². The van der Waals surface area contributed by atoms with Crippen LogP contribution < -0.4 is 15.4 Å². The number of aromatic nitrogens is 2. The molecule has 2 aromatic heterocycles. The Morgan fingerprint density at radius 1 is 1.31 bits per heavy atom. The van der Waals surface area contributed by atoms with Crippen LogP contribution in [0.3, 0.4) is 0 Å². The molecular weight excluding hydrogens is 334 g/mol. The van der Waals surface area contributed by atoms with Crippen LogP contribution in [0.5, 0.6) is 5.75 Å². The maximum Gasteiger partial charge on any atom is 0.272 e. The molecule has 1 aliphatic rings. The number of pyridine rings is 1. The fourth-order valence-corrected chi connectivity index (χ4v) is 2.75. The second kappa shape index (κ2) is 6.22. The topological polar surface area (TPSA) is 120 Å². The molecule has 1 aromatic carbocycles. The molecular formula is C18H13N5O3. The van der Waals surface area contributed by atoms with Gasteiger partial charge in [0.15, 0.2) is 0 Å². The Hall–Kier alpha value is -3.86. The Bertz CT molecular complexity index is 1080. The van der Waals surface area contributed by atoms with E-state index in [4.69, 9.17) is 10.00 Å². The number of benzene rings is 1. The van der Waals surface area contributed by atoms with Crippen molar-refractivity contribution in [3.8, 4) is 11.8 Å². The van der Waals surface area contributed by atoms with Gasteiger partial charge >= 0.3 is 0 Å². The lowest BCUT2D eigenvalue weighted by Gasteiger charge is -2.09. The van der Waals surface area contributed by atoms with Crippen molar-refractivity contribution in [3.63, 3.8) is 0 Å². The van der Waals surface area contributed by atoms with Gasteiger partial charge in [-0.2, -0.15) is 5.26 Å². The average Bonchev–Trinajstić information content (AvgIpc) is 3.00. The van der Waals surface area contributed by atoms with Gasteiger partial charge in [0.2, 0.25) is 0 Å². The highest BCUT2D eigenvalue weighted by Gasteiger charge is 2.18. The fraction of sp³-hybridized carbons (Fsp3) is 0.111. The number of anilines is 1. The molecule has 8 nitrogen and oxygen atoms in total. The van der Waals surface area contributed by atoms with Gasteiger partial charge in [0, 0.05) is 11.1 Å². The molecule has 0 unspecified atom stereocenters. The zero-order valence-electron chi connectivity index (χ0n) is 13.5. The molecule has 2 amide bonds. The minimum Gasteiger partial charge on any atom is -0.491 e. The summed E-state index contributed by atoms with van der Waals surface area (Å²) in [4.78, 5) is 31.5. The number of H-pyrrole nitrogens is 1. The molecule has 4 rings (SSSR count). The van der Waals surface area contributed by atoms with E-state index < -0.39 is 0 Å². The first-order chi connectivity index (χ1) is 12.6. The summed E-state index contributed by atoms with van der Waals surface area (Å²) in [5.74, 6) is -0.123. The number of nitriles is 1. The largest absolute Gasteiger partial charge is 0.491 e. The Balaban J connectivity index is 1.60. The van der Waals surface area contributed by atoms with E-state index in [9.17, 15) is 9.59 Å². The molecule has 128 valence electrons. The van der Waals surface area contributed by atoms with Gasteiger partial charge in [0.1, 0.15) is 29.8 Å². The lowest BCUT2D eigenvalue weighted by molar-refractivity contribution is 0.0955. The number of nitrogens with one attached hydrogen (secondary N) is 3. The number of nitrogens with zero attached hydrogens (tertiary/aromatic N) is 2. The van der Waals surface area contributed by atoms with Crippen LogP contribution >= 0.6 is 0 Å². The number of ether oxygens (including phenoxy) is 1. The summed E-state index contributed by atoms with van der Waals surface area (Å²) < 4.78 is 5.49. The molecule has 0 aliphatic carbocycles. The zero-order valence-corrected chi connectivity index (χ0v) is 13.5. The molecule has 0 fully saturated rings. The molecule has 0 bridgehead atoms. The minimum absolute atomic E-state index is 0.241. The van der Waals surface area contributed by atoms with Crippen molar-refractivity contribution in [2.75, 3.05) is 18.5 Å². The van der Waals surface area contributed by atoms with Crippen LogP contribution in [0.15, 0.2) is 36.5 Å². The highest BCUT2D eigenvalue weighted by molar-refractivity contribution is 6.07. The molecule has 0 saturated carbocycles. The summed E-state index contributed by atoms with van der Waals surface area (Å²) in [6.07, 6.45) is 1.51. The van der Waals surface area contributed by atoms with E-state index in [1.54, 1.807) is 30.3 Å². The highest BCUT2D eigenvalue weighted by Crippen LogP contribution is 2.25. The zero-order chi connectivity index (χ0) is 18.1. The number of aromatic amines is 1. The van der Waals surface area contributed by atoms with Crippen molar-refractivity contribution >= 4 is 28.4 Å². The molecule has 26 heavy (non-hydrogen) atoms. The maximum atomic E-state index is 12.5. The van der Waals surface area contributed by atoms with Crippen molar-refractivity contribution in [2.24, 2.45) is 0 Å². The number of fused-ring (bicyclic) bond motifs is 2. The third kappa shape index (κ3) is 2.82. The van der Waals surface area contributed by atoms with Gasteiger partial charge in [-0.25, -0.2) is 4.98 Å². The molecule has 3 aromatic rings. The van der Waals surface area contributed by atoms with Gasteiger partial charge in [-0.15, -0.1) is 0 Å². The summed E-state index contributed by atoms with van der Waals surface area (Å²) in [5, 5.41) is 15.1. The predicted octanol–water partition coefficient (Wildman–Crippen LogP) is 1.81. The lowest BCUT2D eigenvalue weighted by Crippen LogP contribution is -2.24. The number of carbonyl (C=O) groups is 2. The molecule has 0 atom stereocenters. The van der Waals surface area contributed by atoms with Crippen molar-refractivity contribution < 1.29 is 14.3 Å². The minimum atomic E-state index is -0.366. The summed E-state index contributed by atoms with van der Waals surface area (Å²) in [6.45, 7) is 0.835. The van der Waals surface area contributed by atoms with Gasteiger partial charge in [-0.1, -0.05) is 0 Å². The van der Waals surface area contributed by atoms with Crippen molar-refractivity contribution in [1.82, 2.24) is 15.3 Å². The summed E-state index contributed by atoms with van der Waals surface area (Å²) in [7, 11) is 0. The van der Waals surface area contributed by atoms with Crippen molar-refractivity contribution in [3.05, 3.63) is 53.5 Å². The first-order valence-corrected chi connectivity index (χ1v) is 7.89. The molecule has 0 radical (unpaired) electrons. The lowest BCUT2D eigenvalue weighted by atomic mass is 10.1. The second-order valence-corrected chi connectivity index (χ2v) is 5.72. The summed E-state index contributed by atoms with van der Waals surface area (Å²) >= 11 is 0. The highest BCUT2D eigenvalue weighted by atomic mass is 16.5. The third-order valence-corrected chi connectivity index (χ3v) is 3.99. The molecule has 0 saturated heterocycles. The average molecular weight is 347 g/mol. The summed E-state index contributed by atoms with van der Waals surface area (Å²) in [6, 6.07) is 10.1. The van der Waals surface area contributed by atoms with Gasteiger partial charge < -0.3 is 20.4 Å². The quantitative estimate of drug-likeness (QED) is 0.653. The van der Waals surface area contributed by atoms with E-state index in [1.165, 1.54) is 6.20 Å². The number of hydrogen-bond donors (Lipinski definition) is 3. The normalized spacial score (nSPS) is 13.1. The standard InChI is InChI=1S/C18H13N5O3/c19-8-12-5-10-6-14(23-15(10)9-21-12)18(25)22-11-1-2-16-13(7-11)17(24)20-3-4-26-16/h1-2,5-7,9,23H,3-4H2,(H,20,24)(H,22,25). The molecule has 8 heteroatoms. The molecule has 3 N–H and O–H groups in total. The first kappa shape index (κ1) is 15.7. The number of carbonyl (C=O) groups excluding carboxylic acids is 2. The van der Waals surface area contributed by atoms with Crippen LogP contribution in [0, 0.1) is 11.3 Å². The van der Waals surface area contributed by atoms with Gasteiger partial charge in [0.25, 0.3) is 11.8 Å². The van der Waals surface area contributed by atoms with Gasteiger partial charge in [0.05, 0.1) is 23.8 Å². The van der Waals surface area contributed by atoms with Crippen molar-refractivity contribution in [2.45, 2.75) is 0 Å². The van der Waals surface area contributed by atoms with E-state index in [2.05, 4.69) is 20.6 Å². The number of amides is 2. The third-order valence-electron chi connectivity index (χ3n) is 3.99. The van der Waals surface area contributed by atoms with Crippen LogP contribution in [0.25, 0.3) is 10.9 Å². The van der Waals surface area contributed by atoms with Crippen molar-refractivity contribution in [1.29, 1.82) is 5.26 Å². The van der Waals surface area contributed by atoms with E-state index in [0.29, 0.717) is 41.4 Å². The number of hydrogen-bond acceptors (Lipinski definition) is 5. The fourth-order valence-electron chi connectivity index (χ4n) is 2.75.